The molecule has 0 aromatic heterocycles. The average Bonchev–Trinajstić information content (AvgIpc) is 1.52. The van der Waals surface area contributed by atoms with Crippen LogP contribution in [0.5, 0.6) is 0 Å². The van der Waals surface area contributed by atoms with Gasteiger partial charge >= 0.3 is 135 Å². The SMILES string of the molecule is C.O.O.O.O=[C-]O.[CH-]1OOO1.[CH-]1OOO1.[Ca+2].[Ca+2].[H-].[Na+].[Na+].[OH-].[OH-]. The van der Waals surface area contributed by atoms with Gasteiger partial charge < -0.3 is 58.3 Å². The van der Waals surface area contributed by atoms with Crippen LogP contribution in [0.25, 0.3) is 0 Å². The summed E-state index contributed by atoms with van der Waals surface area (Å²) in [4.78, 5) is 23.7. The molecule has 0 aliphatic carbocycles. The summed E-state index contributed by atoms with van der Waals surface area (Å²) in [5, 5.41) is 14.1. The third-order valence-electron chi connectivity index (χ3n) is 0.314. The van der Waals surface area contributed by atoms with Gasteiger partial charge in [0.2, 0.25) is 0 Å². The van der Waals surface area contributed by atoms with E-state index < -0.39 is 0 Å². The summed E-state index contributed by atoms with van der Waals surface area (Å²) in [6.07, 6.45) is 0. The molecule has 0 aromatic carbocycles. The van der Waals surface area contributed by atoms with Gasteiger partial charge in [-0.05, 0) is 13.6 Å². The molecule has 0 atom stereocenters. The topological polar surface area (TPSA) is 247 Å². The first kappa shape index (κ1) is 74.2. The van der Waals surface area contributed by atoms with E-state index in [2.05, 4.69) is 29.6 Å². The fraction of sp³-hybridized carbons (Fsp3) is 0.250. The minimum Gasteiger partial charge on any atom is -1.00 e. The van der Waals surface area contributed by atoms with Gasteiger partial charge in [-0.25, -0.2) is 0 Å². The monoisotopic (exact) mass is 398 g/mol. The van der Waals surface area contributed by atoms with Crippen molar-refractivity contribution in [3.8, 4) is 0 Å². The Morgan fingerprint density at radius 1 is 0.810 bits per heavy atom. The molecule has 0 bridgehead atoms. The van der Waals surface area contributed by atoms with Gasteiger partial charge in [0.25, 0.3) is 0 Å². The summed E-state index contributed by atoms with van der Waals surface area (Å²) >= 11 is 0. The molecule has 9 N–H and O–H groups in total. The van der Waals surface area contributed by atoms with E-state index in [1.165, 1.54) is 0 Å². The van der Waals surface area contributed by atoms with Crippen LogP contribution in [-0.2, 0) is 34.4 Å². The molecule has 0 amide bonds. The van der Waals surface area contributed by atoms with Crippen LogP contribution in [0, 0.1) is 13.6 Å². The Bertz CT molecular complexity index is 88.1. The van der Waals surface area contributed by atoms with Crippen molar-refractivity contribution >= 4 is 81.9 Å². The Hall–Kier alpha value is 3.55. The van der Waals surface area contributed by atoms with Crippen molar-refractivity contribution < 1.29 is 127 Å². The minimum absolute atomic E-state index is 0. The molecule has 0 aromatic rings. The van der Waals surface area contributed by atoms with E-state index in [4.69, 9.17) is 9.90 Å². The van der Waals surface area contributed by atoms with Crippen LogP contribution < -0.4 is 59.1 Å². The van der Waals surface area contributed by atoms with Gasteiger partial charge in [0.1, 0.15) is 0 Å². The molecule has 0 spiro atoms. The molecule has 17 heteroatoms. The van der Waals surface area contributed by atoms with E-state index >= 15 is 0 Å². The van der Waals surface area contributed by atoms with Crippen molar-refractivity contribution in [3.63, 3.8) is 0 Å². The maximum Gasteiger partial charge on any atom is 2.00 e. The van der Waals surface area contributed by atoms with E-state index in [0.29, 0.717) is 6.47 Å². The van der Waals surface area contributed by atoms with Crippen molar-refractivity contribution in [1.29, 1.82) is 0 Å². The molecule has 0 radical (unpaired) electrons. The Labute approximate surface area is 226 Å². The molecule has 0 unspecified atom stereocenters. The van der Waals surface area contributed by atoms with E-state index in [0.717, 1.165) is 13.6 Å². The van der Waals surface area contributed by atoms with Gasteiger partial charge in [0, 0.05) is 0 Å². The first-order valence-electron chi connectivity index (χ1n) is 2.04. The molecule has 0 saturated carbocycles. The molecule has 21 heavy (non-hydrogen) atoms. The molecule has 2 heterocycles. The normalized spacial score (nSPS) is 9.71. The summed E-state index contributed by atoms with van der Waals surface area (Å²) in [5.74, 6) is 0. The molecule has 116 valence electrons. The van der Waals surface area contributed by atoms with E-state index in [-0.39, 0.29) is 171 Å². The zero-order chi connectivity index (χ0) is 8.36. The van der Waals surface area contributed by atoms with Gasteiger partial charge in [-0.1, -0.05) is 13.9 Å². The standard InChI is InChI=1S/2CHO3.CHO2.CH4.2Ca.2Na.5H2O.H/c2*1-2-4-3-1;2-1-3;;;;;;;;;;;/h2*1H;(H,2,3);1H4;;;;;5*1H2;/q3*-1;;2*+2;2*+1;;;;;;-1/p-2. The second kappa shape index (κ2) is 76.0. The third-order valence-corrected chi connectivity index (χ3v) is 0.314. The predicted molar refractivity (Wildman–Crippen MR) is 57.5 cm³/mol. The largest absolute Gasteiger partial charge is 2.00 e. The van der Waals surface area contributed by atoms with Crippen LogP contribution in [0.2, 0.25) is 0 Å². The van der Waals surface area contributed by atoms with Crippen molar-refractivity contribution in [3.05, 3.63) is 13.6 Å². The van der Waals surface area contributed by atoms with Crippen molar-refractivity contribution in [2.24, 2.45) is 0 Å². The molecule has 2 aliphatic heterocycles. The Kier molecular flexibility index (Phi) is 268. The Morgan fingerprint density at radius 3 is 0.857 bits per heavy atom. The van der Waals surface area contributed by atoms with E-state index in [9.17, 15) is 0 Å². The molecule has 2 saturated heterocycles. The van der Waals surface area contributed by atoms with Gasteiger partial charge in [-0.15, -0.1) is 10.1 Å². The van der Waals surface area contributed by atoms with Gasteiger partial charge in [-0.3, -0.25) is 0 Å². The number of aliphatic hydroxyl groups excluding tert-OH is 1. The first-order valence-corrected chi connectivity index (χ1v) is 2.04. The number of hydrogen-bond acceptors (Lipinski definition) is 9. The predicted octanol–water partition coefficient (Wildman–Crippen LogP) is -9.22. The minimum atomic E-state index is 0. The molecule has 2 fully saturated rings. The number of hydrogen-bond donors (Lipinski definition) is 1. The van der Waals surface area contributed by atoms with Gasteiger partial charge in [-0.2, -0.15) is 0 Å². The van der Waals surface area contributed by atoms with Gasteiger partial charge in [0.15, 0.2) is 0 Å². The molecular formula is C4H16Ca2Na2O13. The van der Waals surface area contributed by atoms with Crippen molar-refractivity contribution in [2.45, 2.75) is 7.43 Å². The van der Waals surface area contributed by atoms with Crippen molar-refractivity contribution in [1.82, 2.24) is 0 Å². The second-order valence-electron chi connectivity index (χ2n) is 0.805. The zero-order valence-corrected chi connectivity index (χ0v) is 19.2. The average molecular weight is 398 g/mol. The summed E-state index contributed by atoms with van der Waals surface area (Å²) in [5.41, 5.74) is 0. The number of rotatable bonds is 0. The van der Waals surface area contributed by atoms with Crippen LogP contribution in [0.1, 0.15) is 8.85 Å². The molecule has 2 rings (SSSR count). The quantitative estimate of drug-likeness (QED) is 0.229. The zero-order valence-electron chi connectivity index (χ0n) is 11.8. The van der Waals surface area contributed by atoms with Crippen LogP contribution >= 0.6 is 0 Å². The first-order chi connectivity index (χ1) is 5.41. The Balaban J connectivity index is -0.00000000550. The van der Waals surface area contributed by atoms with E-state index in [1.807, 2.05) is 0 Å². The van der Waals surface area contributed by atoms with Crippen molar-refractivity contribution in [2.75, 3.05) is 0 Å². The molecule has 13 nitrogen and oxygen atoms in total. The fourth-order valence-corrected chi connectivity index (χ4v) is 0.0786. The summed E-state index contributed by atoms with van der Waals surface area (Å²) < 4.78 is 0. The summed E-state index contributed by atoms with van der Waals surface area (Å²) in [6.45, 7) is 2.67. The van der Waals surface area contributed by atoms with Crippen LogP contribution in [-0.4, -0.2) is 114 Å². The van der Waals surface area contributed by atoms with Crippen LogP contribution in [0.4, 0.5) is 0 Å². The second-order valence-corrected chi connectivity index (χ2v) is 0.805. The van der Waals surface area contributed by atoms with Crippen LogP contribution in [0.15, 0.2) is 0 Å². The Morgan fingerprint density at radius 2 is 0.857 bits per heavy atom. The fourth-order valence-electron chi connectivity index (χ4n) is 0.0786. The smallest absolute Gasteiger partial charge is 1.00 e. The molecular weight excluding hydrogens is 382 g/mol. The maximum absolute atomic E-state index is 8.24. The molecule has 2 aliphatic rings. The van der Waals surface area contributed by atoms with E-state index in [1.54, 1.807) is 0 Å². The summed E-state index contributed by atoms with van der Waals surface area (Å²) in [6, 6.07) is 0. The third kappa shape index (κ3) is 82.0. The summed E-state index contributed by atoms with van der Waals surface area (Å²) in [7, 11) is 0. The van der Waals surface area contributed by atoms with Crippen LogP contribution in [0.3, 0.4) is 0 Å². The van der Waals surface area contributed by atoms with Gasteiger partial charge in [0.05, 0.1) is 0 Å². The maximum atomic E-state index is 8.24.